The maximum atomic E-state index is 13.4. The van der Waals surface area contributed by atoms with Gasteiger partial charge in [-0.2, -0.15) is 0 Å². The smallest absolute Gasteiger partial charge is 0.407 e. The molecule has 0 aliphatic rings. The van der Waals surface area contributed by atoms with Gasteiger partial charge in [-0.05, 0) is 56.7 Å². The third-order valence-corrected chi connectivity index (χ3v) is 6.53. The predicted molar refractivity (Wildman–Crippen MR) is 169 cm³/mol. The van der Waals surface area contributed by atoms with Gasteiger partial charge in [-0.3, -0.25) is 4.79 Å². The van der Waals surface area contributed by atoms with Crippen LogP contribution in [0.25, 0.3) is 0 Å². The highest BCUT2D eigenvalue weighted by Crippen LogP contribution is 2.09. The summed E-state index contributed by atoms with van der Waals surface area (Å²) in [6.07, 6.45) is 1.15. The number of ether oxygens (including phenoxy) is 1. The van der Waals surface area contributed by atoms with Crippen molar-refractivity contribution in [2.75, 3.05) is 13.1 Å². The van der Waals surface area contributed by atoms with Crippen molar-refractivity contribution in [3.05, 3.63) is 108 Å². The summed E-state index contributed by atoms with van der Waals surface area (Å²) in [6.45, 7) is 6.93. The molecule has 3 aromatic carbocycles. The second kappa shape index (κ2) is 17.6. The van der Waals surface area contributed by atoms with Gasteiger partial charge >= 0.3 is 12.1 Å². The normalized spacial score (nSPS) is 12.4. The fraction of sp³-hybridized carbons (Fsp3) is 0.382. The Labute approximate surface area is 255 Å². The predicted octanol–water partition coefficient (Wildman–Crippen LogP) is 4.68. The van der Waals surface area contributed by atoms with E-state index in [1.165, 1.54) is 0 Å². The van der Waals surface area contributed by atoms with Crippen molar-refractivity contribution in [3.8, 4) is 0 Å². The van der Waals surface area contributed by atoms with Crippen molar-refractivity contribution in [2.24, 2.45) is 0 Å². The summed E-state index contributed by atoms with van der Waals surface area (Å²) in [5.74, 6) is -0.146. The van der Waals surface area contributed by atoms with Gasteiger partial charge in [-0.15, -0.1) is 0 Å². The molecule has 0 saturated carbocycles. The second-order valence-electron chi connectivity index (χ2n) is 11.4. The van der Waals surface area contributed by atoms with Gasteiger partial charge in [-0.25, -0.2) is 9.59 Å². The summed E-state index contributed by atoms with van der Waals surface area (Å²) in [6, 6.07) is 28.3. The van der Waals surface area contributed by atoms with Crippen molar-refractivity contribution in [3.63, 3.8) is 0 Å². The van der Waals surface area contributed by atoms with Crippen LogP contribution in [0.4, 0.5) is 9.59 Å². The van der Waals surface area contributed by atoms with Gasteiger partial charge in [0, 0.05) is 32.2 Å². The van der Waals surface area contributed by atoms with Gasteiger partial charge in [0.1, 0.15) is 5.60 Å². The van der Waals surface area contributed by atoms with Crippen LogP contribution in [-0.4, -0.2) is 48.8 Å². The lowest BCUT2D eigenvalue weighted by Crippen LogP contribution is -2.53. The molecule has 4 amide bonds. The zero-order valence-electron chi connectivity index (χ0n) is 25.4. The number of alkyl carbamates (subject to hydrolysis) is 1. The summed E-state index contributed by atoms with van der Waals surface area (Å²) in [5, 5.41) is 15.2. The van der Waals surface area contributed by atoms with Crippen molar-refractivity contribution < 1.29 is 19.1 Å². The van der Waals surface area contributed by atoms with E-state index in [2.05, 4.69) is 26.6 Å². The molecule has 0 fully saturated rings. The Morgan fingerprint density at radius 1 is 0.698 bits per heavy atom. The van der Waals surface area contributed by atoms with E-state index in [9.17, 15) is 14.4 Å². The molecule has 9 nitrogen and oxygen atoms in total. The molecule has 0 bridgehead atoms. The summed E-state index contributed by atoms with van der Waals surface area (Å²) in [7, 11) is 0. The molecule has 0 heterocycles. The van der Waals surface area contributed by atoms with Crippen molar-refractivity contribution >= 4 is 18.0 Å². The minimum Gasteiger partial charge on any atom is -0.444 e. The first-order valence-electron chi connectivity index (χ1n) is 14.8. The van der Waals surface area contributed by atoms with Crippen LogP contribution < -0.4 is 26.6 Å². The number of rotatable bonds is 15. The van der Waals surface area contributed by atoms with E-state index in [0.717, 1.165) is 16.7 Å². The zero-order chi connectivity index (χ0) is 30.9. The maximum Gasteiger partial charge on any atom is 0.407 e. The molecule has 0 unspecified atom stereocenters. The molecule has 230 valence electrons. The molecule has 43 heavy (non-hydrogen) atoms. The number of nitrogens with one attached hydrogen (secondary N) is 5. The third-order valence-electron chi connectivity index (χ3n) is 6.53. The van der Waals surface area contributed by atoms with Crippen molar-refractivity contribution in [2.45, 2.75) is 70.8 Å². The molecule has 0 aliphatic carbocycles. The van der Waals surface area contributed by atoms with Crippen LogP contribution in [0.2, 0.25) is 0 Å². The fourth-order valence-corrected chi connectivity index (χ4v) is 4.44. The molecule has 5 N–H and O–H groups in total. The second-order valence-corrected chi connectivity index (χ2v) is 11.4. The van der Waals surface area contributed by atoms with Gasteiger partial charge in [0.05, 0.1) is 6.04 Å². The van der Waals surface area contributed by atoms with E-state index < -0.39 is 17.7 Å². The Morgan fingerprint density at radius 3 is 1.79 bits per heavy atom. The summed E-state index contributed by atoms with van der Waals surface area (Å²) < 4.78 is 5.32. The Balaban J connectivity index is 1.64. The molecule has 0 saturated heterocycles. The van der Waals surface area contributed by atoms with Gasteiger partial charge in [0.2, 0.25) is 5.91 Å². The standard InChI is InChI=1S/C34H45N5O4/c1-34(2,3)43-33(42)35-21-13-20-30(31(40)36-23-27-16-9-5-10-17-27)39-29(22-26-14-7-4-8-15-26)25-38-32(41)37-24-28-18-11-6-12-19-28/h4-12,14-19,29-30,39H,13,20-25H2,1-3H3,(H,35,42)(H,36,40)(H2,37,38,41)/t29-,30+/m1/s1. The first kappa shape index (κ1) is 33.1. The van der Waals surface area contributed by atoms with Gasteiger partial charge in [0.15, 0.2) is 0 Å². The third kappa shape index (κ3) is 13.9. The van der Waals surface area contributed by atoms with E-state index in [1.54, 1.807) is 0 Å². The number of urea groups is 1. The molecule has 3 aromatic rings. The van der Waals surface area contributed by atoms with Gasteiger partial charge < -0.3 is 31.3 Å². The quantitative estimate of drug-likeness (QED) is 0.166. The van der Waals surface area contributed by atoms with Crippen LogP contribution in [0.1, 0.15) is 50.3 Å². The van der Waals surface area contributed by atoms with Gasteiger partial charge in [0.25, 0.3) is 0 Å². The monoisotopic (exact) mass is 587 g/mol. The lowest BCUT2D eigenvalue weighted by molar-refractivity contribution is -0.123. The van der Waals surface area contributed by atoms with E-state index >= 15 is 0 Å². The van der Waals surface area contributed by atoms with Crippen LogP contribution in [0.5, 0.6) is 0 Å². The lowest BCUT2D eigenvalue weighted by Gasteiger charge is -2.26. The van der Waals surface area contributed by atoms with Crippen molar-refractivity contribution in [1.82, 2.24) is 26.6 Å². The molecule has 0 aliphatic heterocycles. The molecular formula is C34H45N5O4. The zero-order valence-corrected chi connectivity index (χ0v) is 25.4. The van der Waals surface area contributed by atoms with Crippen LogP contribution in [0, 0.1) is 0 Å². The Kier molecular flexibility index (Phi) is 13.5. The van der Waals surface area contributed by atoms with E-state index in [0.29, 0.717) is 45.4 Å². The minimum absolute atomic E-state index is 0.146. The largest absolute Gasteiger partial charge is 0.444 e. The topological polar surface area (TPSA) is 121 Å². The SMILES string of the molecule is CC(C)(C)OC(=O)NCCC[C@H](N[C@@H](CNC(=O)NCc1ccccc1)Cc1ccccc1)C(=O)NCc1ccccc1. The van der Waals surface area contributed by atoms with Crippen LogP contribution >= 0.6 is 0 Å². The molecule has 2 atom stereocenters. The molecule has 9 heteroatoms. The molecular weight excluding hydrogens is 542 g/mol. The first-order chi connectivity index (χ1) is 20.7. The van der Waals surface area contributed by atoms with E-state index in [-0.39, 0.29) is 18.0 Å². The average molecular weight is 588 g/mol. The highest BCUT2D eigenvalue weighted by atomic mass is 16.6. The molecule has 0 spiro atoms. The fourth-order valence-electron chi connectivity index (χ4n) is 4.44. The number of benzene rings is 3. The Morgan fingerprint density at radius 2 is 1.23 bits per heavy atom. The maximum absolute atomic E-state index is 13.4. The number of carbonyl (C=O) groups excluding carboxylic acids is 3. The van der Waals surface area contributed by atoms with Crippen LogP contribution in [0.3, 0.4) is 0 Å². The van der Waals surface area contributed by atoms with Gasteiger partial charge in [-0.1, -0.05) is 91.0 Å². The summed E-state index contributed by atoms with van der Waals surface area (Å²) in [5.41, 5.74) is 2.50. The van der Waals surface area contributed by atoms with E-state index in [4.69, 9.17) is 4.74 Å². The Bertz CT molecular complexity index is 1250. The number of hydrogen-bond acceptors (Lipinski definition) is 5. The van der Waals surface area contributed by atoms with Crippen molar-refractivity contribution in [1.29, 1.82) is 0 Å². The number of amides is 4. The average Bonchev–Trinajstić information content (AvgIpc) is 2.99. The molecule has 3 rings (SSSR count). The molecule has 0 radical (unpaired) electrons. The molecule has 0 aromatic heterocycles. The minimum atomic E-state index is -0.587. The van der Waals surface area contributed by atoms with E-state index in [1.807, 2.05) is 112 Å². The highest BCUT2D eigenvalue weighted by Gasteiger charge is 2.23. The number of carbonyl (C=O) groups is 3. The Hall–Kier alpha value is -4.37. The highest BCUT2D eigenvalue weighted by molar-refractivity contribution is 5.81. The lowest BCUT2D eigenvalue weighted by atomic mass is 10.0. The van der Waals surface area contributed by atoms with Crippen LogP contribution in [-0.2, 0) is 29.0 Å². The first-order valence-corrected chi connectivity index (χ1v) is 14.8. The number of hydrogen-bond donors (Lipinski definition) is 5. The van der Waals surface area contributed by atoms with Crippen LogP contribution in [0.15, 0.2) is 91.0 Å². The summed E-state index contributed by atoms with van der Waals surface area (Å²) in [4.78, 5) is 38.2. The summed E-state index contributed by atoms with van der Waals surface area (Å²) >= 11 is 0.